The Bertz CT molecular complexity index is 353. The Labute approximate surface area is 109 Å². The molecule has 2 rings (SSSR count). The molecule has 1 aliphatic rings. The second-order valence-electron chi connectivity index (χ2n) is 4.93. The van der Waals surface area contributed by atoms with Gasteiger partial charge in [-0.2, -0.15) is 0 Å². The summed E-state index contributed by atoms with van der Waals surface area (Å²) < 4.78 is 12.7. The standard InChI is InChI=1S/C14H22FN3/c1-17-8-2-9-18(12-11-17)10-7-16-14-5-3-13(15)4-6-14/h3-6,16H,2,7-12H2,1H3. The van der Waals surface area contributed by atoms with Crippen LogP contribution in [-0.2, 0) is 0 Å². The molecule has 4 heteroatoms. The minimum atomic E-state index is -0.184. The molecule has 1 aliphatic heterocycles. The van der Waals surface area contributed by atoms with Gasteiger partial charge in [0, 0.05) is 31.9 Å². The first kappa shape index (κ1) is 13.3. The normalized spacial score (nSPS) is 18.6. The van der Waals surface area contributed by atoms with Gasteiger partial charge in [0.15, 0.2) is 0 Å². The number of anilines is 1. The van der Waals surface area contributed by atoms with Gasteiger partial charge >= 0.3 is 0 Å². The number of benzene rings is 1. The first-order valence-corrected chi connectivity index (χ1v) is 6.64. The predicted octanol–water partition coefficient (Wildman–Crippen LogP) is 1.88. The molecule has 1 aromatic rings. The van der Waals surface area contributed by atoms with Crippen LogP contribution < -0.4 is 5.32 Å². The largest absolute Gasteiger partial charge is 0.384 e. The van der Waals surface area contributed by atoms with Crippen molar-refractivity contribution in [1.82, 2.24) is 9.80 Å². The van der Waals surface area contributed by atoms with Gasteiger partial charge < -0.3 is 15.1 Å². The van der Waals surface area contributed by atoms with E-state index >= 15 is 0 Å². The summed E-state index contributed by atoms with van der Waals surface area (Å²) in [5, 5.41) is 3.33. The van der Waals surface area contributed by atoms with Crippen molar-refractivity contribution < 1.29 is 4.39 Å². The molecule has 0 spiro atoms. The molecule has 1 heterocycles. The number of nitrogens with one attached hydrogen (secondary N) is 1. The van der Waals surface area contributed by atoms with E-state index in [4.69, 9.17) is 0 Å². The Morgan fingerprint density at radius 1 is 1.11 bits per heavy atom. The minimum Gasteiger partial charge on any atom is -0.384 e. The van der Waals surface area contributed by atoms with Crippen LogP contribution in [0, 0.1) is 5.82 Å². The third-order valence-corrected chi connectivity index (χ3v) is 3.41. The van der Waals surface area contributed by atoms with Gasteiger partial charge in [-0.05, 0) is 50.8 Å². The zero-order valence-electron chi connectivity index (χ0n) is 11.0. The van der Waals surface area contributed by atoms with E-state index in [0.29, 0.717) is 0 Å². The van der Waals surface area contributed by atoms with Crippen molar-refractivity contribution >= 4 is 5.69 Å². The maximum absolute atomic E-state index is 12.7. The topological polar surface area (TPSA) is 18.5 Å². The monoisotopic (exact) mass is 251 g/mol. The Balaban J connectivity index is 1.70. The van der Waals surface area contributed by atoms with E-state index in [1.165, 1.54) is 31.6 Å². The first-order valence-electron chi connectivity index (χ1n) is 6.64. The first-order chi connectivity index (χ1) is 8.74. The van der Waals surface area contributed by atoms with Gasteiger partial charge in [-0.25, -0.2) is 4.39 Å². The summed E-state index contributed by atoms with van der Waals surface area (Å²) >= 11 is 0. The van der Waals surface area contributed by atoms with E-state index in [2.05, 4.69) is 22.2 Å². The van der Waals surface area contributed by atoms with Crippen molar-refractivity contribution in [1.29, 1.82) is 0 Å². The highest BCUT2D eigenvalue weighted by Crippen LogP contribution is 2.08. The zero-order chi connectivity index (χ0) is 12.8. The summed E-state index contributed by atoms with van der Waals surface area (Å²) in [7, 11) is 2.18. The number of hydrogen-bond donors (Lipinski definition) is 1. The highest BCUT2D eigenvalue weighted by molar-refractivity contribution is 5.42. The molecule has 0 atom stereocenters. The van der Waals surface area contributed by atoms with E-state index < -0.39 is 0 Å². The fraction of sp³-hybridized carbons (Fsp3) is 0.571. The third-order valence-electron chi connectivity index (χ3n) is 3.41. The SMILES string of the molecule is CN1CCCN(CCNc2ccc(F)cc2)CC1. The highest BCUT2D eigenvalue weighted by Gasteiger charge is 2.10. The van der Waals surface area contributed by atoms with Crippen LogP contribution in [0.15, 0.2) is 24.3 Å². The molecule has 1 saturated heterocycles. The summed E-state index contributed by atoms with van der Waals surface area (Å²) in [5.74, 6) is -0.184. The Morgan fingerprint density at radius 2 is 1.89 bits per heavy atom. The van der Waals surface area contributed by atoms with E-state index in [-0.39, 0.29) is 5.82 Å². The van der Waals surface area contributed by atoms with Gasteiger partial charge in [-0.3, -0.25) is 0 Å². The molecule has 0 amide bonds. The molecule has 0 bridgehead atoms. The van der Waals surface area contributed by atoms with Crippen LogP contribution in [0.5, 0.6) is 0 Å². The molecular formula is C14H22FN3. The molecule has 0 unspecified atom stereocenters. The van der Waals surface area contributed by atoms with Crippen LogP contribution in [0.25, 0.3) is 0 Å². The predicted molar refractivity (Wildman–Crippen MR) is 73.4 cm³/mol. The fourth-order valence-electron chi connectivity index (χ4n) is 2.25. The zero-order valence-corrected chi connectivity index (χ0v) is 11.0. The van der Waals surface area contributed by atoms with E-state index in [1.54, 1.807) is 12.1 Å². The molecule has 1 aromatic carbocycles. The maximum Gasteiger partial charge on any atom is 0.123 e. The number of rotatable bonds is 4. The molecular weight excluding hydrogens is 229 g/mol. The quantitative estimate of drug-likeness (QED) is 0.881. The van der Waals surface area contributed by atoms with Gasteiger partial charge in [0.2, 0.25) is 0 Å². The van der Waals surface area contributed by atoms with Gasteiger partial charge in [-0.1, -0.05) is 0 Å². The Kier molecular flexibility index (Phi) is 4.96. The lowest BCUT2D eigenvalue weighted by atomic mass is 10.3. The van der Waals surface area contributed by atoms with Crippen LogP contribution in [-0.4, -0.2) is 56.1 Å². The van der Waals surface area contributed by atoms with Crippen molar-refractivity contribution in [2.24, 2.45) is 0 Å². The Morgan fingerprint density at radius 3 is 2.67 bits per heavy atom. The lowest BCUT2D eigenvalue weighted by Crippen LogP contribution is -2.32. The van der Waals surface area contributed by atoms with Crippen LogP contribution in [0.3, 0.4) is 0 Å². The van der Waals surface area contributed by atoms with E-state index in [1.807, 2.05) is 0 Å². The highest BCUT2D eigenvalue weighted by atomic mass is 19.1. The van der Waals surface area contributed by atoms with Crippen molar-refractivity contribution in [2.75, 3.05) is 51.6 Å². The number of halogens is 1. The number of nitrogens with zero attached hydrogens (tertiary/aromatic N) is 2. The fourth-order valence-corrected chi connectivity index (χ4v) is 2.25. The van der Waals surface area contributed by atoms with Crippen molar-refractivity contribution in [3.63, 3.8) is 0 Å². The van der Waals surface area contributed by atoms with Gasteiger partial charge in [-0.15, -0.1) is 0 Å². The summed E-state index contributed by atoms with van der Waals surface area (Å²) in [6.45, 7) is 6.62. The average molecular weight is 251 g/mol. The lowest BCUT2D eigenvalue weighted by Gasteiger charge is -2.20. The van der Waals surface area contributed by atoms with Crippen LogP contribution in [0.4, 0.5) is 10.1 Å². The molecule has 100 valence electrons. The van der Waals surface area contributed by atoms with Gasteiger partial charge in [0.05, 0.1) is 0 Å². The van der Waals surface area contributed by atoms with E-state index in [0.717, 1.165) is 31.9 Å². The molecule has 1 N–H and O–H groups in total. The average Bonchev–Trinajstić information content (AvgIpc) is 2.57. The number of likely N-dealkylation sites (N-methyl/N-ethyl adjacent to an activating group) is 1. The molecule has 0 saturated carbocycles. The molecule has 1 fully saturated rings. The van der Waals surface area contributed by atoms with Gasteiger partial charge in [0.1, 0.15) is 5.82 Å². The minimum absolute atomic E-state index is 0.184. The van der Waals surface area contributed by atoms with Crippen LogP contribution in [0.2, 0.25) is 0 Å². The molecule has 18 heavy (non-hydrogen) atoms. The van der Waals surface area contributed by atoms with Crippen molar-refractivity contribution in [2.45, 2.75) is 6.42 Å². The second kappa shape index (κ2) is 6.71. The van der Waals surface area contributed by atoms with Crippen LogP contribution >= 0.6 is 0 Å². The van der Waals surface area contributed by atoms with Crippen molar-refractivity contribution in [3.8, 4) is 0 Å². The van der Waals surface area contributed by atoms with Gasteiger partial charge in [0.25, 0.3) is 0 Å². The van der Waals surface area contributed by atoms with E-state index in [9.17, 15) is 4.39 Å². The van der Waals surface area contributed by atoms with Crippen LogP contribution in [0.1, 0.15) is 6.42 Å². The molecule has 3 nitrogen and oxygen atoms in total. The molecule has 0 aliphatic carbocycles. The number of hydrogen-bond acceptors (Lipinski definition) is 3. The van der Waals surface area contributed by atoms with Crippen molar-refractivity contribution in [3.05, 3.63) is 30.1 Å². The maximum atomic E-state index is 12.7. The summed E-state index contributed by atoms with van der Waals surface area (Å²) in [5.41, 5.74) is 0.989. The summed E-state index contributed by atoms with van der Waals surface area (Å²) in [6, 6.07) is 6.55. The smallest absolute Gasteiger partial charge is 0.123 e. The summed E-state index contributed by atoms with van der Waals surface area (Å²) in [4.78, 5) is 4.87. The molecule has 0 radical (unpaired) electrons. The Hall–Kier alpha value is -1.13. The second-order valence-corrected chi connectivity index (χ2v) is 4.93. The lowest BCUT2D eigenvalue weighted by molar-refractivity contribution is 0.285. The molecule has 0 aromatic heterocycles. The third kappa shape index (κ3) is 4.27. The summed E-state index contributed by atoms with van der Waals surface area (Å²) in [6.07, 6.45) is 1.24.